The molecule has 1 unspecified atom stereocenters. The van der Waals surface area contributed by atoms with Crippen molar-refractivity contribution in [3.05, 3.63) is 0 Å². The Hall–Kier alpha value is 0.390. The lowest BCUT2D eigenvalue weighted by molar-refractivity contribution is 0.196. The van der Waals surface area contributed by atoms with E-state index in [4.69, 9.17) is 0 Å². The van der Waals surface area contributed by atoms with Crippen LogP contribution in [-0.2, 0) is 9.84 Å². The molecule has 1 heterocycles. The molecule has 1 saturated heterocycles. The van der Waals surface area contributed by atoms with Crippen LogP contribution in [0.4, 0.5) is 0 Å². The van der Waals surface area contributed by atoms with Crippen LogP contribution in [0.15, 0.2) is 0 Å². The van der Waals surface area contributed by atoms with Crippen molar-refractivity contribution >= 4 is 25.8 Å². The fourth-order valence-electron chi connectivity index (χ4n) is 1.97. The molecule has 3 nitrogen and oxygen atoms in total. The zero-order chi connectivity index (χ0) is 12.2. The molecule has 16 heavy (non-hydrogen) atoms. The molecule has 0 aliphatic carbocycles. The van der Waals surface area contributed by atoms with Gasteiger partial charge < -0.3 is 4.90 Å². The van der Waals surface area contributed by atoms with E-state index < -0.39 is 9.84 Å². The van der Waals surface area contributed by atoms with E-state index in [1.807, 2.05) is 0 Å². The molecule has 0 N–H and O–H groups in total. The van der Waals surface area contributed by atoms with Crippen molar-refractivity contribution < 1.29 is 8.42 Å². The summed E-state index contributed by atoms with van der Waals surface area (Å²) >= 11 is 3.51. The third-order valence-corrected chi connectivity index (χ3v) is 6.34. The van der Waals surface area contributed by atoms with E-state index in [0.29, 0.717) is 18.2 Å². The van der Waals surface area contributed by atoms with Crippen LogP contribution in [0.5, 0.6) is 0 Å². The second-order valence-electron chi connectivity index (χ2n) is 4.88. The number of sulfone groups is 1. The maximum atomic E-state index is 11.7. The number of alkyl halides is 1. The predicted molar refractivity (Wildman–Crippen MR) is 71.9 cm³/mol. The Balaban J connectivity index is 2.38. The SMILES string of the molecule is CC(C)S(=O)(=O)CCN1CCCC(CBr)C1. The molecule has 1 fully saturated rings. The summed E-state index contributed by atoms with van der Waals surface area (Å²) < 4.78 is 23.4. The van der Waals surface area contributed by atoms with Gasteiger partial charge in [0.2, 0.25) is 0 Å². The van der Waals surface area contributed by atoms with E-state index in [1.165, 1.54) is 12.8 Å². The third-order valence-electron chi connectivity index (χ3n) is 3.23. The molecule has 5 heteroatoms. The van der Waals surface area contributed by atoms with Crippen LogP contribution in [0.2, 0.25) is 0 Å². The van der Waals surface area contributed by atoms with Gasteiger partial charge >= 0.3 is 0 Å². The van der Waals surface area contributed by atoms with Crippen molar-refractivity contribution in [2.75, 3.05) is 30.7 Å². The molecule has 96 valence electrons. The van der Waals surface area contributed by atoms with Crippen LogP contribution < -0.4 is 0 Å². The normalized spacial score (nSPS) is 23.9. The molecule has 0 saturated carbocycles. The molecule has 0 aromatic heterocycles. The first-order chi connectivity index (χ1) is 7.45. The van der Waals surface area contributed by atoms with Gasteiger partial charge in [0.1, 0.15) is 0 Å². The summed E-state index contributed by atoms with van der Waals surface area (Å²) in [7, 11) is -2.88. The van der Waals surface area contributed by atoms with Crippen LogP contribution in [-0.4, -0.2) is 49.3 Å². The Morgan fingerprint density at radius 1 is 1.44 bits per heavy atom. The smallest absolute Gasteiger partial charge is 0.153 e. The summed E-state index contributed by atoms with van der Waals surface area (Å²) in [4.78, 5) is 2.29. The molecule has 0 radical (unpaired) electrons. The van der Waals surface area contributed by atoms with Crippen molar-refractivity contribution in [1.29, 1.82) is 0 Å². The van der Waals surface area contributed by atoms with Gasteiger partial charge in [-0.3, -0.25) is 0 Å². The number of likely N-dealkylation sites (tertiary alicyclic amines) is 1. The van der Waals surface area contributed by atoms with Crippen LogP contribution in [0.1, 0.15) is 26.7 Å². The lowest BCUT2D eigenvalue weighted by Crippen LogP contribution is -2.39. The predicted octanol–water partition coefficient (Wildman–Crippen LogP) is 1.92. The Labute approximate surface area is 108 Å². The van der Waals surface area contributed by atoms with Gasteiger partial charge in [-0.2, -0.15) is 0 Å². The second-order valence-corrected chi connectivity index (χ2v) is 8.20. The van der Waals surface area contributed by atoms with Gasteiger partial charge in [0, 0.05) is 18.4 Å². The lowest BCUT2D eigenvalue weighted by Gasteiger charge is -2.31. The average molecular weight is 312 g/mol. The van der Waals surface area contributed by atoms with Gasteiger partial charge in [-0.05, 0) is 39.2 Å². The zero-order valence-electron chi connectivity index (χ0n) is 10.2. The molecule has 1 aliphatic rings. The molecule has 0 amide bonds. The van der Waals surface area contributed by atoms with Crippen molar-refractivity contribution in [3.63, 3.8) is 0 Å². The van der Waals surface area contributed by atoms with Gasteiger partial charge in [-0.1, -0.05) is 15.9 Å². The average Bonchev–Trinajstić information content (AvgIpc) is 2.26. The fraction of sp³-hybridized carbons (Fsp3) is 1.00. The highest BCUT2D eigenvalue weighted by Crippen LogP contribution is 2.18. The minimum atomic E-state index is -2.88. The Morgan fingerprint density at radius 3 is 2.69 bits per heavy atom. The van der Waals surface area contributed by atoms with E-state index in [1.54, 1.807) is 13.8 Å². The number of hydrogen-bond acceptors (Lipinski definition) is 3. The third kappa shape index (κ3) is 4.34. The summed E-state index contributed by atoms with van der Waals surface area (Å²) in [5.74, 6) is 0.996. The van der Waals surface area contributed by atoms with Gasteiger partial charge in [-0.15, -0.1) is 0 Å². The summed E-state index contributed by atoms with van der Waals surface area (Å²) in [6, 6.07) is 0. The number of rotatable bonds is 5. The first-order valence-corrected chi connectivity index (χ1v) is 8.79. The lowest BCUT2D eigenvalue weighted by atomic mass is 10.0. The van der Waals surface area contributed by atoms with Gasteiger partial charge in [0.05, 0.1) is 11.0 Å². The minimum absolute atomic E-state index is 0.246. The molecule has 1 atom stereocenters. The Bertz CT molecular complexity index is 303. The molecule has 0 aromatic rings. The summed E-state index contributed by atoms with van der Waals surface area (Å²) in [6.45, 7) is 6.31. The first kappa shape index (κ1) is 14.5. The van der Waals surface area contributed by atoms with E-state index >= 15 is 0 Å². The highest BCUT2D eigenvalue weighted by atomic mass is 79.9. The summed E-state index contributed by atoms with van der Waals surface area (Å²) in [6.07, 6.45) is 2.46. The monoisotopic (exact) mass is 311 g/mol. The summed E-state index contributed by atoms with van der Waals surface area (Å²) in [5.41, 5.74) is 0. The van der Waals surface area contributed by atoms with Crippen molar-refractivity contribution in [2.24, 2.45) is 5.92 Å². The van der Waals surface area contributed by atoms with Crippen LogP contribution in [0.25, 0.3) is 0 Å². The van der Waals surface area contributed by atoms with Gasteiger partial charge in [0.25, 0.3) is 0 Å². The number of halogens is 1. The van der Waals surface area contributed by atoms with Crippen molar-refractivity contribution in [3.8, 4) is 0 Å². The standard InChI is InChI=1S/C11H22BrNO2S/c1-10(2)16(14,15)7-6-13-5-3-4-11(8-12)9-13/h10-11H,3-9H2,1-2H3. The largest absolute Gasteiger partial charge is 0.302 e. The fourth-order valence-corrected chi connectivity index (χ4v) is 3.48. The van der Waals surface area contributed by atoms with E-state index in [9.17, 15) is 8.42 Å². The Morgan fingerprint density at radius 2 is 2.12 bits per heavy atom. The second kappa shape index (κ2) is 6.36. The highest BCUT2D eigenvalue weighted by molar-refractivity contribution is 9.09. The van der Waals surface area contributed by atoms with E-state index in [0.717, 1.165) is 18.4 Å². The van der Waals surface area contributed by atoms with E-state index in [-0.39, 0.29) is 5.25 Å². The molecule has 0 bridgehead atoms. The molecule has 0 spiro atoms. The molecular formula is C11H22BrNO2S. The zero-order valence-corrected chi connectivity index (χ0v) is 12.6. The maximum absolute atomic E-state index is 11.7. The topological polar surface area (TPSA) is 37.4 Å². The molecule has 1 rings (SSSR count). The van der Waals surface area contributed by atoms with Crippen molar-refractivity contribution in [2.45, 2.75) is 31.9 Å². The highest BCUT2D eigenvalue weighted by Gasteiger charge is 2.22. The molecule has 1 aliphatic heterocycles. The van der Waals surface area contributed by atoms with Crippen molar-refractivity contribution in [1.82, 2.24) is 4.90 Å². The van der Waals surface area contributed by atoms with Crippen LogP contribution >= 0.6 is 15.9 Å². The van der Waals surface area contributed by atoms with E-state index in [2.05, 4.69) is 20.8 Å². The summed E-state index contributed by atoms with van der Waals surface area (Å²) in [5, 5.41) is 0.782. The van der Waals surface area contributed by atoms with Crippen LogP contribution in [0.3, 0.4) is 0 Å². The minimum Gasteiger partial charge on any atom is -0.302 e. The van der Waals surface area contributed by atoms with Gasteiger partial charge in [0.15, 0.2) is 9.84 Å². The number of piperidine rings is 1. The quantitative estimate of drug-likeness (QED) is 0.728. The molecule has 0 aromatic carbocycles. The number of nitrogens with zero attached hydrogens (tertiary/aromatic N) is 1. The number of hydrogen-bond donors (Lipinski definition) is 0. The van der Waals surface area contributed by atoms with Crippen LogP contribution in [0, 0.1) is 5.92 Å². The van der Waals surface area contributed by atoms with Gasteiger partial charge in [-0.25, -0.2) is 8.42 Å². The maximum Gasteiger partial charge on any atom is 0.153 e. The Kier molecular flexibility index (Phi) is 5.74. The first-order valence-electron chi connectivity index (χ1n) is 5.95. The molecular weight excluding hydrogens is 290 g/mol.